The van der Waals surface area contributed by atoms with Crippen molar-refractivity contribution in [3.05, 3.63) is 29.3 Å². The van der Waals surface area contributed by atoms with Gasteiger partial charge in [0.25, 0.3) is 11.8 Å². The first-order valence-corrected chi connectivity index (χ1v) is 8.34. The number of thiazole rings is 1. The molecule has 0 fully saturated rings. The first-order chi connectivity index (χ1) is 12.5. The number of aliphatic hydroxyl groups excluding tert-OH is 1. The van der Waals surface area contributed by atoms with Gasteiger partial charge in [0.05, 0.1) is 27.9 Å². The van der Waals surface area contributed by atoms with E-state index in [-0.39, 0.29) is 5.56 Å². The summed E-state index contributed by atoms with van der Waals surface area (Å²) in [6, 6.07) is 1.75. The Kier molecular flexibility index (Phi) is 6.75. The molecule has 2 rings (SSSR count). The molecule has 1 unspecified atom stereocenters. The fourth-order valence-corrected chi connectivity index (χ4v) is 2.66. The van der Waals surface area contributed by atoms with Gasteiger partial charge in [-0.05, 0) is 12.1 Å². The van der Waals surface area contributed by atoms with Gasteiger partial charge in [0.15, 0.2) is 16.6 Å². The Morgan fingerprint density at radius 2 is 1.85 bits per heavy atom. The van der Waals surface area contributed by atoms with E-state index in [1.54, 1.807) is 5.38 Å². The number of benzene rings is 1. The van der Waals surface area contributed by atoms with E-state index in [2.05, 4.69) is 15.6 Å². The minimum atomic E-state index is -1.15. The molecule has 3 N–H and O–H groups in total. The van der Waals surface area contributed by atoms with Crippen molar-refractivity contribution in [2.75, 3.05) is 33.3 Å². The summed E-state index contributed by atoms with van der Waals surface area (Å²) in [6.45, 7) is -0.576. The molecule has 1 atom stereocenters. The molecule has 1 aromatic heterocycles. The molecule has 1 aromatic carbocycles. The molecule has 0 radical (unpaired) electrons. The van der Waals surface area contributed by atoms with Crippen LogP contribution in [0.15, 0.2) is 23.7 Å². The van der Waals surface area contributed by atoms with E-state index in [1.165, 1.54) is 51.0 Å². The zero-order chi connectivity index (χ0) is 19.1. The predicted octanol–water partition coefficient (Wildman–Crippen LogP) is 0.898. The highest BCUT2D eigenvalue weighted by atomic mass is 32.1. The second-order valence-corrected chi connectivity index (χ2v) is 5.84. The number of anilines is 1. The van der Waals surface area contributed by atoms with Crippen molar-refractivity contribution in [1.29, 1.82) is 0 Å². The van der Waals surface area contributed by atoms with Gasteiger partial charge >= 0.3 is 0 Å². The lowest BCUT2D eigenvalue weighted by Gasteiger charge is -2.17. The number of nitrogens with one attached hydrogen (secondary N) is 2. The summed E-state index contributed by atoms with van der Waals surface area (Å²) in [7, 11) is 4.30. The van der Waals surface area contributed by atoms with Crippen LogP contribution in [0.1, 0.15) is 10.4 Å². The average Bonchev–Trinajstić information content (AvgIpc) is 3.17. The molecule has 10 heteroatoms. The molecule has 9 nitrogen and oxygen atoms in total. The zero-order valence-electron chi connectivity index (χ0n) is 14.4. The standard InChI is InChI=1S/C16H19N3O6S/c1-23-11-6-9(7-12(24-2)13(11)25-3)14(21)18-10(8-20)15(22)19-16-17-4-5-26-16/h4-7,10,20H,8H2,1-3H3,(H,18,21)(H,17,19,22). The first-order valence-electron chi connectivity index (χ1n) is 7.46. The van der Waals surface area contributed by atoms with E-state index < -0.39 is 24.5 Å². The van der Waals surface area contributed by atoms with Crippen LogP contribution in [0.5, 0.6) is 17.2 Å². The van der Waals surface area contributed by atoms with Crippen LogP contribution in [0, 0.1) is 0 Å². The summed E-state index contributed by atoms with van der Waals surface area (Å²) in [5.41, 5.74) is 0.181. The average molecular weight is 381 g/mol. The van der Waals surface area contributed by atoms with Gasteiger partial charge in [-0.25, -0.2) is 4.98 Å². The van der Waals surface area contributed by atoms with Crippen molar-refractivity contribution in [1.82, 2.24) is 10.3 Å². The van der Waals surface area contributed by atoms with Gasteiger partial charge in [-0.1, -0.05) is 0 Å². The van der Waals surface area contributed by atoms with E-state index in [9.17, 15) is 14.7 Å². The van der Waals surface area contributed by atoms with Crippen molar-refractivity contribution in [2.24, 2.45) is 0 Å². The largest absolute Gasteiger partial charge is 0.493 e. The quantitative estimate of drug-likeness (QED) is 0.621. The monoisotopic (exact) mass is 381 g/mol. The van der Waals surface area contributed by atoms with Gasteiger partial charge in [0.2, 0.25) is 5.75 Å². The number of carbonyl (C=O) groups is 2. The third-order valence-electron chi connectivity index (χ3n) is 3.39. The Bertz CT molecular complexity index is 740. The number of aromatic nitrogens is 1. The number of nitrogens with zero attached hydrogens (tertiary/aromatic N) is 1. The minimum absolute atomic E-state index is 0.181. The highest BCUT2D eigenvalue weighted by Crippen LogP contribution is 2.38. The summed E-state index contributed by atoms with van der Waals surface area (Å²) < 4.78 is 15.6. The number of rotatable bonds is 8. The lowest BCUT2D eigenvalue weighted by Crippen LogP contribution is -2.46. The van der Waals surface area contributed by atoms with Crippen LogP contribution < -0.4 is 24.8 Å². The second kappa shape index (κ2) is 9.02. The molecule has 0 aliphatic carbocycles. The molecule has 2 aromatic rings. The topological polar surface area (TPSA) is 119 Å². The smallest absolute Gasteiger partial charge is 0.252 e. The zero-order valence-corrected chi connectivity index (χ0v) is 15.3. The minimum Gasteiger partial charge on any atom is -0.493 e. The Balaban J connectivity index is 2.18. The third kappa shape index (κ3) is 4.41. The molecule has 0 aliphatic rings. The summed E-state index contributed by atoms with van der Waals surface area (Å²) in [5, 5.41) is 16.5. The van der Waals surface area contributed by atoms with Gasteiger partial charge in [-0.15, -0.1) is 11.3 Å². The number of amides is 2. The van der Waals surface area contributed by atoms with Gasteiger partial charge < -0.3 is 30.0 Å². The van der Waals surface area contributed by atoms with Crippen molar-refractivity contribution in [3.8, 4) is 17.2 Å². The Morgan fingerprint density at radius 1 is 1.19 bits per heavy atom. The van der Waals surface area contributed by atoms with Crippen molar-refractivity contribution < 1.29 is 28.9 Å². The number of methoxy groups -OCH3 is 3. The van der Waals surface area contributed by atoms with Crippen LogP contribution >= 0.6 is 11.3 Å². The summed E-state index contributed by atoms with van der Waals surface area (Å²) in [6.07, 6.45) is 1.53. The van der Waals surface area contributed by atoms with Crippen LogP contribution in [0.2, 0.25) is 0 Å². The number of hydrogen-bond donors (Lipinski definition) is 3. The van der Waals surface area contributed by atoms with Crippen LogP contribution in [0.4, 0.5) is 5.13 Å². The number of ether oxygens (including phenoxy) is 3. The van der Waals surface area contributed by atoms with E-state index in [4.69, 9.17) is 14.2 Å². The highest BCUT2D eigenvalue weighted by Gasteiger charge is 2.23. The first kappa shape index (κ1) is 19.5. The van der Waals surface area contributed by atoms with Gasteiger partial charge in [-0.2, -0.15) is 0 Å². The molecule has 140 valence electrons. The van der Waals surface area contributed by atoms with Gasteiger partial charge in [-0.3, -0.25) is 9.59 Å². The molecule has 26 heavy (non-hydrogen) atoms. The molecular weight excluding hydrogens is 362 g/mol. The summed E-state index contributed by atoms with van der Waals surface area (Å²) in [4.78, 5) is 28.6. The van der Waals surface area contributed by atoms with E-state index in [0.717, 1.165) is 0 Å². The molecular formula is C16H19N3O6S. The van der Waals surface area contributed by atoms with E-state index >= 15 is 0 Å². The molecule has 0 saturated carbocycles. The molecule has 0 aliphatic heterocycles. The SMILES string of the molecule is COc1cc(C(=O)NC(CO)C(=O)Nc2nccs2)cc(OC)c1OC. The van der Waals surface area contributed by atoms with Crippen LogP contribution in [-0.4, -0.2) is 55.9 Å². The van der Waals surface area contributed by atoms with Crippen molar-refractivity contribution in [3.63, 3.8) is 0 Å². The van der Waals surface area contributed by atoms with Crippen molar-refractivity contribution in [2.45, 2.75) is 6.04 Å². The molecule has 0 spiro atoms. The Labute approximate surface area is 153 Å². The fourth-order valence-electron chi connectivity index (χ4n) is 2.13. The number of aliphatic hydroxyl groups is 1. The van der Waals surface area contributed by atoms with Gasteiger partial charge in [0.1, 0.15) is 6.04 Å². The molecule has 0 saturated heterocycles. The van der Waals surface area contributed by atoms with E-state index in [0.29, 0.717) is 22.4 Å². The Hall–Kier alpha value is -2.85. The highest BCUT2D eigenvalue weighted by molar-refractivity contribution is 7.13. The number of carbonyl (C=O) groups excluding carboxylic acids is 2. The summed E-state index contributed by atoms with van der Waals surface area (Å²) in [5.74, 6) is -0.234. The maximum atomic E-state index is 12.5. The third-order valence-corrected chi connectivity index (χ3v) is 4.08. The lowest BCUT2D eigenvalue weighted by molar-refractivity contribution is -0.118. The van der Waals surface area contributed by atoms with Crippen LogP contribution in [0.3, 0.4) is 0 Å². The van der Waals surface area contributed by atoms with Gasteiger partial charge in [0, 0.05) is 17.1 Å². The maximum absolute atomic E-state index is 12.5. The Morgan fingerprint density at radius 3 is 2.31 bits per heavy atom. The lowest BCUT2D eigenvalue weighted by atomic mass is 10.1. The second-order valence-electron chi connectivity index (χ2n) is 4.95. The predicted molar refractivity (Wildman–Crippen MR) is 95.2 cm³/mol. The van der Waals surface area contributed by atoms with Crippen LogP contribution in [0.25, 0.3) is 0 Å². The molecule has 1 heterocycles. The van der Waals surface area contributed by atoms with Crippen molar-refractivity contribution >= 4 is 28.3 Å². The fraction of sp³-hybridized carbons (Fsp3) is 0.312. The van der Waals surface area contributed by atoms with Crippen LogP contribution in [-0.2, 0) is 4.79 Å². The molecule has 2 amide bonds. The normalized spacial score (nSPS) is 11.4. The molecule has 0 bridgehead atoms. The number of hydrogen-bond acceptors (Lipinski definition) is 8. The summed E-state index contributed by atoms with van der Waals surface area (Å²) >= 11 is 1.22. The maximum Gasteiger partial charge on any atom is 0.252 e. The van der Waals surface area contributed by atoms with E-state index in [1.807, 2.05) is 0 Å².